The summed E-state index contributed by atoms with van der Waals surface area (Å²) in [6.07, 6.45) is 3.86. The van der Waals surface area contributed by atoms with E-state index in [1.807, 2.05) is 0 Å². The largest absolute Gasteiger partial charge is 0.381 e. The molecule has 0 unspecified atom stereocenters. The molecule has 3 aliphatic rings. The minimum atomic E-state index is -3.57. The molecule has 34 heavy (non-hydrogen) atoms. The van der Waals surface area contributed by atoms with E-state index in [9.17, 15) is 26.4 Å². The summed E-state index contributed by atoms with van der Waals surface area (Å²) in [5.74, 6) is -3.67. The van der Waals surface area contributed by atoms with Crippen LogP contribution in [0.25, 0.3) is 0 Å². The number of benzene rings is 1. The Balaban J connectivity index is 1.32. The molecule has 0 aromatic heterocycles. The highest BCUT2D eigenvalue weighted by Crippen LogP contribution is 2.42. The van der Waals surface area contributed by atoms with Crippen molar-refractivity contribution in [2.75, 3.05) is 25.5 Å². The van der Waals surface area contributed by atoms with Gasteiger partial charge in [0.15, 0.2) is 11.6 Å². The molecule has 0 spiro atoms. The summed E-state index contributed by atoms with van der Waals surface area (Å²) >= 11 is 0. The standard InChI is InChI=1S/C23H32F3N3O4S/c24-19-13-21(26)20(25)11-15(19)12-22(27)16-9-17-1-2-18(10-16)29(17)34(31,32)8-5-28-23(30)14-3-6-33-7-4-14/h11,13-14,16-18,22H,1-10,12,27H2,(H,28,30)/t17-,18-,22-/m1/s1. The Labute approximate surface area is 198 Å². The summed E-state index contributed by atoms with van der Waals surface area (Å²) in [7, 11) is -3.57. The van der Waals surface area contributed by atoms with Crippen LogP contribution < -0.4 is 11.1 Å². The Bertz CT molecular complexity index is 989. The Morgan fingerprint density at radius 2 is 1.68 bits per heavy atom. The predicted octanol–water partition coefficient (Wildman–Crippen LogP) is 2.09. The van der Waals surface area contributed by atoms with Crippen molar-refractivity contribution in [3.05, 3.63) is 35.1 Å². The van der Waals surface area contributed by atoms with Crippen LogP contribution in [0.1, 0.15) is 44.1 Å². The molecule has 3 fully saturated rings. The van der Waals surface area contributed by atoms with Gasteiger partial charge in [0.05, 0.1) is 5.75 Å². The van der Waals surface area contributed by atoms with Gasteiger partial charge in [0, 0.05) is 49.9 Å². The van der Waals surface area contributed by atoms with Gasteiger partial charge in [-0.15, -0.1) is 0 Å². The van der Waals surface area contributed by atoms with Crippen molar-refractivity contribution in [1.29, 1.82) is 0 Å². The van der Waals surface area contributed by atoms with Crippen molar-refractivity contribution >= 4 is 15.9 Å². The Morgan fingerprint density at radius 1 is 1.06 bits per heavy atom. The predicted molar refractivity (Wildman–Crippen MR) is 120 cm³/mol. The van der Waals surface area contributed by atoms with Crippen molar-refractivity contribution < 1.29 is 31.1 Å². The first-order valence-electron chi connectivity index (χ1n) is 11.9. The molecule has 190 valence electrons. The molecule has 2 bridgehead atoms. The third-order valence-electron chi connectivity index (χ3n) is 7.43. The summed E-state index contributed by atoms with van der Waals surface area (Å²) in [6.45, 7) is 1.14. The fourth-order valence-corrected chi connectivity index (χ4v) is 7.50. The van der Waals surface area contributed by atoms with Gasteiger partial charge < -0.3 is 15.8 Å². The topological polar surface area (TPSA) is 102 Å². The van der Waals surface area contributed by atoms with E-state index < -0.39 is 33.5 Å². The van der Waals surface area contributed by atoms with Crippen molar-refractivity contribution in [3.8, 4) is 0 Å². The highest BCUT2D eigenvalue weighted by molar-refractivity contribution is 7.89. The molecule has 7 nitrogen and oxygen atoms in total. The third kappa shape index (κ3) is 5.58. The lowest BCUT2D eigenvalue weighted by Gasteiger charge is -2.40. The molecule has 3 aliphatic heterocycles. The van der Waals surface area contributed by atoms with Gasteiger partial charge in [0.2, 0.25) is 15.9 Å². The summed E-state index contributed by atoms with van der Waals surface area (Å²) in [6, 6.07) is 0.484. The number of hydrogen-bond donors (Lipinski definition) is 2. The van der Waals surface area contributed by atoms with Crippen LogP contribution in [0.4, 0.5) is 13.2 Å². The first-order valence-corrected chi connectivity index (χ1v) is 13.5. The number of piperidine rings is 1. The van der Waals surface area contributed by atoms with Crippen molar-refractivity contribution in [3.63, 3.8) is 0 Å². The zero-order valence-corrected chi connectivity index (χ0v) is 19.8. The van der Waals surface area contributed by atoms with Gasteiger partial charge >= 0.3 is 0 Å². The van der Waals surface area contributed by atoms with E-state index in [-0.39, 0.29) is 54.1 Å². The second-order valence-corrected chi connectivity index (χ2v) is 11.7. The molecule has 3 atom stereocenters. The lowest BCUT2D eigenvalue weighted by atomic mass is 9.83. The SMILES string of the molecule is N[C@H](Cc1cc(F)c(F)cc1F)C1C[C@H]2CC[C@H](C1)N2S(=O)(=O)CCNC(=O)C1CCOCC1. The fourth-order valence-electron chi connectivity index (χ4n) is 5.63. The highest BCUT2D eigenvalue weighted by atomic mass is 32.2. The molecule has 1 amide bonds. The Morgan fingerprint density at radius 3 is 2.32 bits per heavy atom. The van der Waals surface area contributed by atoms with E-state index in [1.54, 1.807) is 4.31 Å². The summed E-state index contributed by atoms with van der Waals surface area (Å²) < 4.78 is 73.8. The monoisotopic (exact) mass is 503 g/mol. The Kier molecular flexibility index (Phi) is 7.85. The third-order valence-corrected chi connectivity index (χ3v) is 9.38. The van der Waals surface area contributed by atoms with Crippen LogP contribution in [0.5, 0.6) is 0 Å². The molecule has 0 aliphatic carbocycles. The Hall–Kier alpha value is -1.69. The molecule has 3 heterocycles. The maximum Gasteiger partial charge on any atom is 0.223 e. The van der Waals surface area contributed by atoms with Crippen LogP contribution >= 0.6 is 0 Å². The van der Waals surface area contributed by atoms with E-state index in [0.29, 0.717) is 45.0 Å². The number of carbonyl (C=O) groups is 1. The molecule has 1 aromatic carbocycles. The number of rotatable bonds is 8. The number of hydrogen-bond acceptors (Lipinski definition) is 5. The number of sulfonamides is 1. The first-order chi connectivity index (χ1) is 16.2. The van der Waals surface area contributed by atoms with E-state index in [0.717, 1.165) is 18.9 Å². The summed E-state index contributed by atoms with van der Waals surface area (Å²) in [5, 5.41) is 2.75. The van der Waals surface area contributed by atoms with E-state index in [1.165, 1.54) is 0 Å². The van der Waals surface area contributed by atoms with Crippen molar-refractivity contribution in [1.82, 2.24) is 9.62 Å². The zero-order chi connectivity index (χ0) is 24.5. The molecule has 11 heteroatoms. The molecule has 1 aromatic rings. The number of carbonyl (C=O) groups excluding carboxylic acids is 1. The van der Waals surface area contributed by atoms with Crippen LogP contribution in [-0.2, 0) is 26.0 Å². The normalized spacial score (nSPS) is 27.0. The van der Waals surface area contributed by atoms with Crippen LogP contribution in [0.3, 0.4) is 0 Å². The van der Waals surface area contributed by atoms with Gasteiger partial charge in [-0.25, -0.2) is 21.6 Å². The number of fused-ring (bicyclic) bond motifs is 2. The average Bonchev–Trinajstić information content (AvgIpc) is 3.09. The van der Waals surface area contributed by atoms with Gasteiger partial charge in [0.25, 0.3) is 0 Å². The number of nitrogens with zero attached hydrogens (tertiary/aromatic N) is 1. The maximum atomic E-state index is 14.1. The molecule has 0 saturated carbocycles. The highest BCUT2D eigenvalue weighted by Gasteiger charge is 2.47. The average molecular weight is 504 g/mol. The summed E-state index contributed by atoms with van der Waals surface area (Å²) in [5.41, 5.74) is 6.34. The van der Waals surface area contributed by atoms with E-state index in [4.69, 9.17) is 10.5 Å². The summed E-state index contributed by atoms with van der Waals surface area (Å²) in [4.78, 5) is 12.3. The molecule has 3 saturated heterocycles. The van der Waals surface area contributed by atoms with E-state index >= 15 is 0 Å². The van der Waals surface area contributed by atoms with Crippen LogP contribution in [-0.4, -0.2) is 62.3 Å². The number of nitrogens with one attached hydrogen (secondary N) is 1. The lowest BCUT2D eigenvalue weighted by Crippen LogP contribution is -2.51. The van der Waals surface area contributed by atoms with Crippen molar-refractivity contribution in [2.45, 2.75) is 63.1 Å². The van der Waals surface area contributed by atoms with E-state index in [2.05, 4.69) is 5.32 Å². The second-order valence-electron chi connectivity index (χ2n) is 9.67. The molecular formula is C23H32F3N3O4S. The van der Waals surface area contributed by atoms with Gasteiger partial charge in [-0.3, -0.25) is 4.79 Å². The fraction of sp³-hybridized carbons (Fsp3) is 0.696. The quantitative estimate of drug-likeness (QED) is 0.529. The zero-order valence-electron chi connectivity index (χ0n) is 19.0. The maximum absolute atomic E-state index is 14.1. The number of ether oxygens (including phenoxy) is 1. The number of nitrogens with two attached hydrogens (primary N) is 1. The van der Waals surface area contributed by atoms with Gasteiger partial charge in [-0.2, -0.15) is 4.31 Å². The van der Waals surface area contributed by atoms with Crippen molar-refractivity contribution in [2.24, 2.45) is 17.6 Å². The number of halogens is 3. The minimum absolute atomic E-state index is 0.0223. The van der Waals surface area contributed by atoms with Crippen LogP contribution in [0, 0.1) is 29.3 Å². The van der Waals surface area contributed by atoms with Gasteiger partial charge in [-0.1, -0.05) is 0 Å². The van der Waals surface area contributed by atoms with Gasteiger partial charge in [-0.05, 0) is 62.5 Å². The lowest BCUT2D eigenvalue weighted by molar-refractivity contribution is -0.127. The second kappa shape index (κ2) is 10.5. The molecular weight excluding hydrogens is 471 g/mol. The molecule has 3 N–H and O–H groups in total. The molecule has 0 radical (unpaired) electrons. The van der Waals surface area contributed by atoms with Crippen LogP contribution in [0.15, 0.2) is 12.1 Å². The van der Waals surface area contributed by atoms with Gasteiger partial charge in [0.1, 0.15) is 5.82 Å². The molecule has 4 rings (SSSR count). The minimum Gasteiger partial charge on any atom is -0.381 e. The number of amides is 1. The van der Waals surface area contributed by atoms with Crippen LogP contribution in [0.2, 0.25) is 0 Å². The smallest absolute Gasteiger partial charge is 0.223 e. The first kappa shape index (κ1) is 25.4.